The van der Waals surface area contributed by atoms with Crippen molar-refractivity contribution in [1.29, 1.82) is 0 Å². The number of hydrogen-bond acceptors (Lipinski definition) is 6. The molecule has 0 atom stereocenters. The third-order valence-electron chi connectivity index (χ3n) is 5.13. The van der Waals surface area contributed by atoms with Gasteiger partial charge in [-0.2, -0.15) is 0 Å². The van der Waals surface area contributed by atoms with Gasteiger partial charge in [-0.3, -0.25) is 4.79 Å². The first-order valence-electron chi connectivity index (χ1n) is 11.1. The zero-order valence-electron chi connectivity index (χ0n) is 19.3. The van der Waals surface area contributed by atoms with Crippen molar-refractivity contribution in [2.24, 2.45) is 0 Å². The lowest BCUT2D eigenvalue weighted by Crippen LogP contribution is -2.27. The number of aromatic nitrogens is 3. The van der Waals surface area contributed by atoms with Crippen LogP contribution in [0.2, 0.25) is 0 Å². The fourth-order valence-corrected chi connectivity index (χ4v) is 4.23. The number of nitrogens with zero attached hydrogens (tertiary/aromatic N) is 3. The van der Waals surface area contributed by atoms with Gasteiger partial charge >= 0.3 is 0 Å². The Morgan fingerprint density at radius 3 is 2.52 bits per heavy atom. The van der Waals surface area contributed by atoms with Crippen molar-refractivity contribution in [3.63, 3.8) is 0 Å². The molecule has 0 unspecified atom stereocenters. The van der Waals surface area contributed by atoms with Crippen LogP contribution in [0.4, 0.5) is 0 Å². The van der Waals surface area contributed by atoms with Crippen LogP contribution in [0.5, 0.6) is 11.5 Å². The van der Waals surface area contributed by atoms with Gasteiger partial charge in [0, 0.05) is 19.5 Å². The first kappa shape index (κ1) is 25.0. The van der Waals surface area contributed by atoms with E-state index in [1.54, 1.807) is 14.2 Å². The monoisotopic (exact) mass is 448 g/mol. The molecule has 0 aliphatic rings. The average molecular weight is 449 g/mol. The Morgan fingerprint density at radius 2 is 1.81 bits per heavy atom. The fourth-order valence-electron chi connectivity index (χ4n) is 3.38. The molecule has 2 aromatic rings. The number of rotatable bonds is 15. The fraction of sp³-hybridized carbons (Fsp3) is 0.609. The molecule has 0 fully saturated rings. The highest BCUT2D eigenvalue weighted by molar-refractivity contribution is 7.99. The quantitative estimate of drug-likeness (QED) is 0.324. The van der Waals surface area contributed by atoms with Crippen molar-refractivity contribution in [2.75, 3.05) is 26.5 Å². The van der Waals surface area contributed by atoms with Gasteiger partial charge in [0.1, 0.15) is 5.82 Å². The van der Waals surface area contributed by atoms with Crippen LogP contribution in [0, 0.1) is 0 Å². The van der Waals surface area contributed by atoms with Crippen molar-refractivity contribution in [3.8, 4) is 11.5 Å². The van der Waals surface area contributed by atoms with Gasteiger partial charge in [0.2, 0.25) is 5.91 Å². The maximum Gasteiger partial charge on any atom is 0.230 e. The lowest BCUT2D eigenvalue weighted by molar-refractivity contribution is -0.118. The molecule has 0 aliphatic carbocycles. The number of carbonyl (C=O) groups excluding carboxylic acids is 1. The summed E-state index contributed by atoms with van der Waals surface area (Å²) in [5, 5.41) is 12.5. The van der Waals surface area contributed by atoms with E-state index in [0.717, 1.165) is 42.4 Å². The molecule has 0 bridgehead atoms. The Balaban J connectivity index is 1.75. The molecule has 2 rings (SSSR count). The molecule has 1 heterocycles. The molecule has 0 spiro atoms. The zero-order chi connectivity index (χ0) is 22.5. The van der Waals surface area contributed by atoms with E-state index in [1.165, 1.54) is 37.4 Å². The van der Waals surface area contributed by atoms with E-state index in [4.69, 9.17) is 9.47 Å². The summed E-state index contributed by atoms with van der Waals surface area (Å²) in [4.78, 5) is 12.3. The van der Waals surface area contributed by atoms with Crippen LogP contribution in [0.15, 0.2) is 23.4 Å². The molecular weight excluding hydrogens is 412 g/mol. The normalized spacial score (nSPS) is 10.8. The molecule has 1 aromatic carbocycles. The van der Waals surface area contributed by atoms with E-state index in [0.29, 0.717) is 23.8 Å². The number of ether oxygens (including phenoxy) is 2. The van der Waals surface area contributed by atoms with Gasteiger partial charge in [-0.05, 0) is 37.5 Å². The average Bonchev–Trinajstić information content (AvgIpc) is 3.19. The van der Waals surface area contributed by atoms with Crippen molar-refractivity contribution < 1.29 is 14.3 Å². The number of carbonyl (C=O) groups is 1. The van der Waals surface area contributed by atoms with Gasteiger partial charge in [0.15, 0.2) is 16.7 Å². The summed E-state index contributed by atoms with van der Waals surface area (Å²) in [7, 11) is 3.24. The summed E-state index contributed by atoms with van der Waals surface area (Å²) in [5.74, 6) is 2.75. The zero-order valence-corrected chi connectivity index (χ0v) is 20.1. The smallest absolute Gasteiger partial charge is 0.230 e. The highest BCUT2D eigenvalue weighted by Gasteiger charge is 2.13. The molecule has 7 nitrogen and oxygen atoms in total. The second-order valence-corrected chi connectivity index (χ2v) is 8.33. The Labute approximate surface area is 190 Å². The van der Waals surface area contributed by atoms with Crippen LogP contribution in [0.1, 0.15) is 57.3 Å². The van der Waals surface area contributed by atoms with Crippen molar-refractivity contribution in [2.45, 2.75) is 70.5 Å². The van der Waals surface area contributed by atoms with Crippen molar-refractivity contribution >= 4 is 17.7 Å². The van der Waals surface area contributed by atoms with Gasteiger partial charge in [-0.15, -0.1) is 10.2 Å². The molecule has 1 N–H and O–H groups in total. The van der Waals surface area contributed by atoms with E-state index < -0.39 is 0 Å². The van der Waals surface area contributed by atoms with Crippen LogP contribution in [-0.2, 0) is 24.2 Å². The van der Waals surface area contributed by atoms with Gasteiger partial charge in [0.25, 0.3) is 0 Å². The van der Waals surface area contributed by atoms with Gasteiger partial charge in [0.05, 0.1) is 20.0 Å². The Hall–Kier alpha value is -2.22. The Morgan fingerprint density at radius 1 is 1.03 bits per heavy atom. The van der Waals surface area contributed by atoms with Crippen LogP contribution in [0.3, 0.4) is 0 Å². The minimum Gasteiger partial charge on any atom is -0.493 e. The summed E-state index contributed by atoms with van der Waals surface area (Å²) >= 11 is 1.45. The number of thioether (sulfide) groups is 1. The van der Waals surface area contributed by atoms with Crippen LogP contribution in [-0.4, -0.2) is 47.2 Å². The minimum absolute atomic E-state index is 0.00255. The largest absolute Gasteiger partial charge is 0.493 e. The second kappa shape index (κ2) is 14.0. The number of nitrogens with one attached hydrogen (secondary N) is 1. The van der Waals surface area contributed by atoms with E-state index in [9.17, 15) is 4.79 Å². The van der Waals surface area contributed by atoms with Crippen LogP contribution >= 0.6 is 11.8 Å². The third-order valence-corrected chi connectivity index (χ3v) is 6.10. The molecule has 0 radical (unpaired) electrons. The molecule has 1 amide bonds. The maximum atomic E-state index is 12.3. The molecule has 0 saturated heterocycles. The van der Waals surface area contributed by atoms with Crippen LogP contribution in [0.25, 0.3) is 0 Å². The molecule has 0 aliphatic heterocycles. The van der Waals surface area contributed by atoms with E-state index >= 15 is 0 Å². The van der Waals surface area contributed by atoms with Crippen molar-refractivity contribution in [1.82, 2.24) is 20.1 Å². The lowest BCUT2D eigenvalue weighted by atomic mass is 10.1. The predicted octanol–water partition coefficient (Wildman–Crippen LogP) is 4.28. The SMILES string of the molecule is CCCCCCCc1nnc(SCC(=O)NCCc2ccc(OC)c(OC)c2)n1CC. The molecule has 0 saturated carbocycles. The number of benzene rings is 1. The second-order valence-electron chi connectivity index (χ2n) is 7.39. The molecule has 31 heavy (non-hydrogen) atoms. The molecule has 172 valence electrons. The highest BCUT2D eigenvalue weighted by atomic mass is 32.2. The third kappa shape index (κ3) is 8.09. The topological polar surface area (TPSA) is 78.3 Å². The Bertz CT molecular complexity index is 810. The highest BCUT2D eigenvalue weighted by Crippen LogP contribution is 2.27. The Kier molecular flexibility index (Phi) is 11.3. The first-order valence-corrected chi connectivity index (χ1v) is 12.1. The molecule has 8 heteroatoms. The number of methoxy groups -OCH3 is 2. The minimum atomic E-state index is -0.00255. The molecule has 1 aromatic heterocycles. The summed E-state index contributed by atoms with van der Waals surface area (Å²) in [6.45, 7) is 5.71. The van der Waals surface area contributed by atoms with E-state index in [2.05, 4.69) is 33.9 Å². The summed E-state index contributed by atoms with van der Waals surface area (Å²) in [6.07, 6.45) is 7.87. The summed E-state index contributed by atoms with van der Waals surface area (Å²) < 4.78 is 12.7. The maximum absolute atomic E-state index is 12.3. The number of amides is 1. The van der Waals surface area contributed by atoms with Crippen molar-refractivity contribution in [3.05, 3.63) is 29.6 Å². The van der Waals surface area contributed by atoms with Gasteiger partial charge in [-0.1, -0.05) is 50.4 Å². The summed E-state index contributed by atoms with van der Waals surface area (Å²) in [6, 6.07) is 5.80. The van der Waals surface area contributed by atoms with Gasteiger partial charge < -0.3 is 19.4 Å². The number of unbranched alkanes of at least 4 members (excludes halogenated alkanes) is 4. The van der Waals surface area contributed by atoms with E-state index in [-0.39, 0.29) is 5.91 Å². The standard InChI is InChI=1S/C23H36N4O3S/c1-5-7-8-9-10-11-21-25-26-23(27(21)6-2)31-17-22(28)24-15-14-18-12-13-19(29-3)20(16-18)30-4/h12-13,16H,5-11,14-15,17H2,1-4H3,(H,24,28). The van der Waals surface area contributed by atoms with Crippen LogP contribution < -0.4 is 14.8 Å². The van der Waals surface area contributed by atoms with Gasteiger partial charge in [-0.25, -0.2) is 0 Å². The number of aryl methyl sites for hydroxylation is 1. The number of hydrogen-bond donors (Lipinski definition) is 1. The molecular formula is C23H36N4O3S. The summed E-state index contributed by atoms with van der Waals surface area (Å²) in [5.41, 5.74) is 1.08. The lowest BCUT2D eigenvalue weighted by Gasteiger charge is -2.10. The predicted molar refractivity (Wildman–Crippen MR) is 125 cm³/mol. The van der Waals surface area contributed by atoms with E-state index in [1.807, 2.05) is 18.2 Å². The first-order chi connectivity index (χ1) is 15.1.